The fraction of sp³-hybridized carbons (Fsp3) is 0.400. The van der Waals surface area contributed by atoms with Crippen molar-refractivity contribution in [3.05, 3.63) is 0 Å². The highest BCUT2D eigenvalue weighted by Gasteiger charge is 1.97. The minimum absolute atomic E-state index is 0. The van der Waals surface area contributed by atoms with E-state index in [1.807, 2.05) is 5.92 Å². The number of carbonyl (C=O) groups is 2. The van der Waals surface area contributed by atoms with Crippen LogP contribution in [0.3, 0.4) is 0 Å². The van der Waals surface area contributed by atoms with Crippen LogP contribution in [-0.2, 0) is 14.3 Å². The second-order valence-corrected chi connectivity index (χ2v) is 2.05. The molecule has 4 nitrogen and oxygen atoms in total. The van der Waals surface area contributed by atoms with Gasteiger partial charge in [0.1, 0.15) is 0 Å². The molecule has 0 aliphatic carbocycles. The third kappa shape index (κ3) is 22.5. The van der Waals surface area contributed by atoms with Crippen LogP contribution in [0.5, 0.6) is 0 Å². The molecule has 0 spiro atoms. The molecule has 0 fully saturated rings. The van der Waals surface area contributed by atoms with Gasteiger partial charge in [-0.2, -0.15) is 0 Å². The summed E-state index contributed by atoms with van der Waals surface area (Å²) in [6, 6.07) is 0. The van der Waals surface area contributed by atoms with E-state index < -0.39 is 11.9 Å². The topological polar surface area (TPSA) is 63.6 Å². The predicted molar refractivity (Wildman–Crippen MR) is 53.3 cm³/mol. The molecule has 0 rings (SSSR count). The first kappa shape index (κ1) is 18.0. The first-order valence-corrected chi connectivity index (χ1v) is 3.30. The van der Waals surface area contributed by atoms with E-state index in [9.17, 15) is 4.79 Å². The standard InChI is InChI=1S/C6H8O2.C3H2O2.CH4/c1-4-6(7)8-5(2)3;1-2-3(4)5;/h1,5H,2-3H3;1H,(H,4,5);1H4. The molecule has 0 aromatic heterocycles. The second-order valence-electron chi connectivity index (χ2n) is 2.05. The molecule has 0 atom stereocenters. The highest BCUT2D eigenvalue weighted by molar-refractivity contribution is 5.87. The number of hydrogen-bond donors (Lipinski definition) is 1. The third-order valence-corrected chi connectivity index (χ3v) is 0.584. The van der Waals surface area contributed by atoms with E-state index in [0.29, 0.717) is 0 Å². The Morgan fingerprint density at radius 2 is 1.64 bits per heavy atom. The van der Waals surface area contributed by atoms with Crippen LogP contribution in [0.1, 0.15) is 21.3 Å². The van der Waals surface area contributed by atoms with Crippen LogP contribution < -0.4 is 0 Å². The van der Waals surface area contributed by atoms with E-state index in [1.54, 1.807) is 13.8 Å². The van der Waals surface area contributed by atoms with Crippen LogP contribution in [0.2, 0.25) is 0 Å². The molecule has 0 bridgehead atoms. The highest BCUT2D eigenvalue weighted by Crippen LogP contribution is 1.85. The molecular formula is C10H14O4. The van der Waals surface area contributed by atoms with Crippen molar-refractivity contribution in [1.29, 1.82) is 0 Å². The molecule has 0 aromatic carbocycles. The van der Waals surface area contributed by atoms with E-state index in [-0.39, 0.29) is 13.5 Å². The summed E-state index contributed by atoms with van der Waals surface area (Å²) in [6.45, 7) is 3.49. The Balaban J connectivity index is -0.000000177. The Hall–Kier alpha value is -1.94. The molecule has 4 heteroatoms. The number of terminal acetylenes is 2. The van der Waals surface area contributed by atoms with E-state index in [0.717, 1.165) is 0 Å². The number of ether oxygens (including phenoxy) is 1. The van der Waals surface area contributed by atoms with Crippen LogP contribution in [0.4, 0.5) is 0 Å². The van der Waals surface area contributed by atoms with Crippen LogP contribution in [0.15, 0.2) is 0 Å². The van der Waals surface area contributed by atoms with Gasteiger partial charge >= 0.3 is 11.9 Å². The molecule has 0 aliphatic heterocycles. The summed E-state index contributed by atoms with van der Waals surface area (Å²) in [5.74, 6) is 1.46. The lowest BCUT2D eigenvalue weighted by molar-refractivity contribution is -0.140. The van der Waals surface area contributed by atoms with Gasteiger partial charge in [0.15, 0.2) is 0 Å². The van der Waals surface area contributed by atoms with Gasteiger partial charge in [-0.05, 0) is 13.8 Å². The normalized spacial score (nSPS) is 6.64. The monoisotopic (exact) mass is 198 g/mol. The SMILES string of the molecule is C.C#CC(=O)O.C#CC(=O)OC(C)C. The number of hydrogen-bond acceptors (Lipinski definition) is 3. The Bertz CT molecular complexity index is 252. The largest absolute Gasteiger partial charge is 0.472 e. The molecule has 1 N–H and O–H groups in total. The molecule has 14 heavy (non-hydrogen) atoms. The van der Waals surface area contributed by atoms with Crippen molar-refractivity contribution in [2.45, 2.75) is 27.4 Å². The molecule has 0 aromatic rings. The Morgan fingerprint density at radius 1 is 1.29 bits per heavy atom. The quantitative estimate of drug-likeness (QED) is 0.386. The minimum Gasteiger partial charge on any atom is -0.472 e. The van der Waals surface area contributed by atoms with E-state index >= 15 is 0 Å². The molecule has 0 amide bonds. The maximum atomic E-state index is 10.2. The number of carbonyl (C=O) groups excluding carboxylic acids is 1. The summed E-state index contributed by atoms with van der Waals surface area (Å²) < 4.78 is 4.52. The Kier molecular flexibility index (Phi) is 14.2. The van der Waals surface area contributed by atoms with Gasteiger partial charge in [0.25, 0.3) is 0 Å². The highest BCUT2D eigenvalue weighted by atomic mass is 16.5. The molecule has 0 saturated carbocycles. The molecule has 0 heterocycles. The number of carboxylic acids is 1. The molecular weight excluding hydrogens is 184 g/mol. The van der Waals surface area contributed by atoms with Gasteiger partial charge in [0.05, 0.1) is 6.10 Å². The van der Waals surface area contributed by atoms with Crippen molar-refractivity contribution in [1.82, 2.24) is 0 Å². The van der Waals surface area contributed by atoms with Gasteiger partial charge in [-0.15, -0.1) is 12.8 Å². The fourth-order valence-electron chi connectivity index (χ4n) is 0.248. The van der Waals surface area contributed by atoms with Gasteiger partial charge in [-0.25, -0.2) is 9.59 Å². The number of esters is 1. The molecule has 0 aliphatic rings. The van der Waals surface area contributed by atoms with Crippen molar-refractivity contribution >= 4 is 11.9 Å². The molecule has 0 radical (unpaired) electrons. The summed E-state index contributed by atoms with van der Waals surface area (Å²) in [5.41, 5.74) is 0. The summed E-state index contributed by atoms with van der Waals surface area (Å²) >= 11 is 0. The van der Waals surface area contributed by atoms with Crippen molar-refractivity contribution in [2.75, 3.05) is 0 Å². The summed E-state index contributed by atoms with van der Waals surface area (Å²) in [7, 11) is 0. The lowest BCUT2D eigenvalue weighted by Gasteiger charge is -2.01. The van der Waals surface area contributed by atoms with Crippen LogP contribution in [0.25, 0.3) is 0 Å². The average molecular weight is 198 g/mol. The van der Waals surface area contributed by atoms with E-state index in [4.69, 9.17) is 16.3 Å². The zero-order chi connectivity index (χ0) is 10.9. The lowest BCUT2D eigenvalue weighted by Crippen LogP contribution is -2.08. The fourth-order valence-corrected chi connectivity index (χ4v) is 0.248. The van der Waals surface area contributed by atoms with Gasteiger partial charge in [0, 0.05) is 11.8 Å². The van der Waals surface area contributed by atoms with Gasteiger partial charge < -0.3 is 9.84 Å². The van der Waals surface area contributed by atoms with Crippen molar-refractivity contribution in [2.24, 2.45) is 0 Å². The number of rotatable bonds is 1. The number of aliphatic carboxylic acids is 1. The van der Waals surface area contributed by atoms with Crippen molar-refractivity contribution in [3.8, 4) is 24.7 Å². The summed E-state index contributed by atoms with van der Waals surface area (Å²) in [4.78, 5) is 19.3. The molecule has 78 valence electrons. The van der Waals surface area contributed by atoms with E-state index in [1.165, 1.54) is 5.92 Å². The van der Waals surface area contributed by atoms with Crippen LogP contribution >= 0.6 is 0 Å². The van der Waals surface area contributed by atoms with Gasteiger partial charge in [0.2, 0.25) is 0 Å². The third-order valence-electron chi connectivity index (χ3n) is 0.584. The lowest BCUT2D eigenvalue weighted by atomic mass is 10.5. The zero-order valence-corrected chi connectivity index (χ0v) is 7.40. The Morgan fingerprint density at radius 3 is 1.71 bits per heavy atom. The second kappa shape index (κ2) is 11.1. The van der Waals surface area contributed by atoms with Crippen LogP contribution in [0, 0.1) is 24.7 Å². The van der Waals surface area contributed by atoms with E-state index in [2.05, 4.69) is 11.2 Å². The first-order chi connectivity index (χ1) is 5.93. The summed E-state index contributed by atoms with van der Waals surface area (Å²) in [6.07, 6.45) is 8.91. The molecule has 0 unspecified atom stereocenters. The maximum Gasteiger partial charge on any atom is 0.384 e. The summed E-state index contributed by atoms with van der Waals surface area (Å²) in [5, 5.41) is 7.49. The molecule has 0 saturated heterocycles. The Labute approximate surface area is 84.3 Å². The van der Waals surface area contributed by atoms with Gasteiger partial charge in [-0.3, -0.25) is 0 Å². The van der Waals surface area contributed by atoms with Crippen LogP contribution in [-0.4, -0.2) is 23.1 Å². The van der Waals surface area contributed by atoms with Gasteiger partial charge in [-0.1, -0.05) is 7.43 Å². The van der Waals surface area contributed by atoms with Crippen molar-refractivity contribution in [3.63, 3.8) is 0 Å². The predicted octanol–water partition coefficient (Wildman–Crippen LogP) is 0.911. The first-order valence-electron chi connectivity index (χ1n) is 3.30. The average Bonchev–Trinajstić information content (AvgIpc) is 2.04. The number of carboxylic acid groups (broad SMARTS) is 1. The van der Waals surface area contributed by atoms with Crippen molar-refractivity contribution < 1.29 is 19.4 Å². The zero-order valence-electron chi connectivity index (χ0n) is 7.40. The minimum atomic E-state index is -1.22. The maximum absolute atomic E-state index is 10.2. The smallest absolute Gasteiger partial charge is 0.384 e.